The predicted molar refractivity (Wildman–Crippen MR) is 64.0 cm³/mol. The molecule has 1 aliphatic heterocycles. The van der Waals surface area contributed by atoms with Gasteiger partial charge in [0.25, 0.3) is 0 Å². The van der Waals surface area contributed by atoms with Gasteiger partial charge in [0.2, 0.25) is 5.91 Å². The highest BCUT2D eigenvalue weighted by Crippen LogP contribution is 2.53. The first-order valence-electron chi connectivity index (χ1n) is 5.36. The van der Waals surface area contributed by atoms with Gasteiger partial charge in [0.05, 0.1) is 23.1 Å². The monoisotopic (exact) mass is 235 g/mol. The van der Waals surface area contributed by atoms with Gasteiger partial charge in [0.15, 0.2) is 0 Å². The fraction of sp³-hybridized carbons (Fsp3) is 0.417. The van der Waals surface area contributed by atoms with Gasteiger partial charge in [0, 0.05) is 5.75 Å². The van der Waals surface area contributed by atoms with Gasteiger partial charge in [-0.05, 0) is 25.0 Å². The van der Waals surface area contributed by atoms with E-state index in [1.165, 1.54) is 0 Å². The standard InChI is InChI=1S/C12H13NO2S/c1-15-9-4-2-3-8-10(9)16-7-12(5-6-12)11(14)13-8/h2-4H,5-7H2,1H3,(H,13,14). The number of anilines is 1. The zero-order valence-electron chi connectivity index (χ0n) is 9.08. The van der Waals surface area contributed by atoms with E-state index in [0.717, 1.165) is 34.9 Å². The highest BCUT2D eigenvalue weighted by molar-refractivity contribution is 7.99. The summed E-state index contributed by atoms with van der Waals surface area (Å²) in [5, 5.41) is 3.01. The molecule has 0 atom stereocenters. The Balaban J connectivity index is 2.02. The van der Waals surface area contributed by atoms with Gasteiger partial charge in [-0.1, -0.05) is 6.07 Å². The molecule has 16 heavy (non-hydrogen) atoms. The average Bonchev–Trinajstić information content (AvgIpc) is 3.09. The maximum Gasteiger partial charge on any atom is 0.231 e. The quantitative estimate of drug-likeness (QED) is 0.813. The molecular weight excluding hydrogens is 222 g/mol. The van der Waals surface area contributed by atoms with Crippen molar-refractivity contribution in [2.75, 3.05) is 18.2 Å². The summed E-state index contributed by atoms with van der Waals surface area (Å²) in [6.07, 6.45) is 2.03. The molecule has 1 saturated carbocycles. The number of hydrogen-bond acceptors (Lipinski definition) is 3. The Hall–Kier alpha value is -1.16. The Morgan fingerprint density at radius 2 is 2.25 bits per heavy atom. The van der Waals surface area contributed by atoms with Crippen LogP contribution in [0.4, 0.5) is 5.69 Å². The Morgan fingerprint density at radius 1 is 1.44 bits per heavy atom. The number of carbonyl (C=O) groups excluding carboxylic acids is 1. The second-order valence-corrected chi connectivity index (χ2v) is 5.35. The van der Waals surface area contributed by atoms with Gasteiger partial charge in [-0.2, -0.15) is 0 Å². The number of thioether (sulfide) groups is 1. The molecule has 1 aliphatic carbocycles. The molecule has 1 aromatic rings. The summed E-state index contributed by atoms with van der Waals surface area (Å²) in [6.45, 7) is 0. The zero-order valence-corrected chi connectivity index (χ0v) is 9.89. The van der Waals surface area contributed by atoms with Crippen molar-refractivity contribution >= 4 is 23.4 Å². The topological polar surface area (TPSA) is 38.3 Å². The van der Waals surface area contributed by atoms with Crippen LogP contribution >= 0.6 is 11.8 Å². The molecule has 0 unspecified atom stereocenters. The Kier molecular flexibility index (Phi) is 2.14. The zero-order chi connectivity index (χ0) is 11.2. The van der Waals surface area contributed by atoms with Crippen molar-refractivity contribution in [3.8, 4) is 5.75 Å². The molecule has 0 saturated heterocycles. The lowest BCUT2D eigenvalue weighted by molar-refractivity contribution is -0.120. The van der Waals surface area contributed by atoms with Gasteiger partial charge >= 0.3 is 0 Å². The van der Waals surface area contributed by atoms with Crippen LogP contribution in [0.3, 0.4) is 0 Å². The largest absolute Gasteiger partial charge is 0.496 e. The van der Waals surface area contributed by atoms with Crippen LogP contribution in [0, 0.1) is 5.41 Å². The number of carbonyl (C=O) groups is 1. The summed E-state index contributed by atoms with van der Waals surface area (Å²) in [5.41, 5.74) is 0.785. The van der Waals surface area contributed by atoms with Crippen LogP contribution in [0.5, 0.6) is 5.75 Å². The van der Waals surface area contributed by atoms with Gasteiger partial charge in [-0.25, -0.2) is 0 Å². The second kappa shape index (κ2) is 3.42. The van der Waals surface area contributed by atoms with Gasteiger partial charge < -0.3 is 10.1 Å². The fourth-order valence-electron chi connectivity index (χ4n) is 1.98. The molecule has 1 aromatic carbocycles. The van der Waals surface area contributed by atoms with E-state index < -0.39 is 0 Å². The smallest absolute Gasteiger partial charge is 0.231 e. The van der Waals surface area contributed by atoms with Crippen LogP contribution in [-0.4, -0.2) is 18.8 Å². The van der Waals surface area contributed by atoms with Crippen molar-refractivity contribution in [3.05, 3.63) is 18.2 Å². The third-order valence-electron chi connectivity index (χ3n) is 3.28. The highest BCUT2D eigenvalue weighted by Gasteiger charge is 2.51. The molecular formula is C12H13NO2S. The number of hydrogen-bond donors (Lipinski definition) is 1. The molecule has 0 bridgehead atoms. The SMILES string of the molecule is COc1cccc2c1SCC1(CC1)C(=O)N2. The van der Waals surface area contributed by atoms with E-state index >= 15 is 0 Å². The average molecular weight is 235 g/mol. The van der Waals surface area contributed by atoms with E-state index in [1.54, 1.807) is 18.9 Å². The van der Waals surface area contributed by atoms with E-state index in [1.807, 2.05) is 18.2 Å². The van der Waals surface area contributed by atoms with Crippen molar-refractivity contribution in [1.82, 2.24) is 0 Å². The third kappa shape index (κ3) is 1.40. The molecule has 1 fully saturated rings. The molecule has 0 aromatic heterocycles. The molecule has 1 spiro atoms. The van der Waals surface area contributed by atoms with Crippen LogP contribution in [0.15, 0.2) is 23.1 Å². The van der Waals surface area contributed by atoms with Crippen molar-refractivity contribution in [2.45, 2.75) is 17.7 Å². The summed E-state index contributed by atoms with van der Waals surface area (Å²) in [4.78, 5) is 13.1. The van der Waals surface area contributed by atoms with Crippen LogP contribution in [-0.2, 0) is 4.79 Å². The third-order valence-corrected chi connectivity index (χ3v) is 4.68. The van der Waals surface area contributed by atoms with Crippen molar-refractivity contribution in [1.29, 1.82) is 0 Å². The van der Waals surface area contributed by atoms with E-state index in [0.29, 0.717) is 0 Å². The Bertz CT molecular complexity index is 454. The number of nitrogens with one attached hydrogen (secondary N) is 1. The number of ether oxygens (including phenoxy) is 1. The summed E-state index contributed by atoms with van der Waals surface area (Å²) in [7, 11) is 1.66. The first-order valence-corrected chi connectivity index (χ1v) is 6.35. The summed E-state index contributed by atoms with van der Waals surface area (Å²) >= 11 is 1.73. The van der Waals surface area contributed by atoms with Crippen molar-refractivity contribution in [3.63, 3.8) is 0 Å². The lowest BCUT2D eigenvalue weighted by Gasteiger charge is -2.10. The van der Waals surface area contributed by atoms with E-state index in [2.05, 4.69) is 5.32 Å². The lowest BCUT2D eigenvalue weighted by Crippen LogP contribution is -2.24. The molecule has 2 aliphatic rings. The maximum absolute atomic E-state index is 12.0. The minimum atomic E-state index is -0.102. The lowest BCUT2D eigenvalue weighted by atomic mass is 10.1. The predicted octanol–water partition coefficient (Wildman–Crippen LogP) is 2.52. The summed E-state index contributed by atoms with van der Waals surface area (Å²) in [5.74, 6) is 1.89. The number of amides is 1. The highest BCUT2D eigenvalue weighted by atomic mass is 32.2. The van der Waals surface area contributed by atoms with E-state index in [-0.39, 0.29) is 11.3 Å². The molecule has 1 N–H and O–H groups in total. The van der Waals surface area contributed by atoms with Gasteiger partial charge in [-0.15, -0.1) is 11.8 Å². The Labute approximate surface area is 98.6 Å². The van der Waals surface area contributed by atoms with E-state index in [9.17, 15) is 4.79 Å². The maximum atomic E-state index is 12.0. The molecule has 4 heteroatoms. The molecule has 1 heterocycles. The van der Waals surface area contributed by atoms with Crippen molar-refractivity contribution < 1.29 is 9.53 Å². The molecule has 0 radical (unpaired) electrons. The number of methoxy groups -OCH3 is 1. The fourth-order valence-corrected chi connectivity index (χ4v) is 3.39. The number of rotatable bonds is 1. The van der Waals surface area contributed by atoms with Gasteiger partial charge in [0.1, 0.15) is 5.75 Å². The first kappa shape index (κ1) is 10.0. The summed E-state index contributed by atoms with van der Waals surface area (Å²) < 4.78 is 5.32. The minimum absolute atomic E-state index is 0.102. The molecule has 3 rings (SSSR count). The summed E-state index contributed by atoms with van der Waals surface area (Å²) in [6, 6.07) is 5.77. The normalized spacial score (nSPS) is 20.9. The number of benzene rings is 1. The number of fused-ring (bicyclic) bond motifs is 1. The molecule has 3 nitrogen and oxygen atoms in total. The van der Waals surface area contributed by atoms with Crippen LogP contribution < -0.4 is 10.1 Å². The first-order chi connectivity index (χ1) is 7.75. The minimum Gasteiger partial charge on any atom is -0.496 e. The van der Waals surface area contributed by atoms with Crippen LogP contribution in [0.25, 0.3) is 0 Å². The van der Waals surface area contributed by atoms with Crippen molar-refractivity contribution in [2.24, 2.45) is 5.41 Å². The Morgan fingerprint density at radius 3 is 2.94 bits per heavy atom. The van der Waals surface area contributed by atoms with Crippen LogP contribution in [0.2, 0.25) is 0 Å². The van der Waals surface area contributed by atoms with Crippen LogP contribution in [0.1, 0.15) is 12.8 Å². The van der Waals surface area contributed by atoms with Gasteiger partial charge in [-0.3, -0.25) is 4.79 Å². The molecule has 84 valence electrons. The van der Waals surface area contributed by atoms with E-state index in [4.69, 9.17) is 4.74 Å². The second-order valence-electron chi connectivity index (χ2n) is 4.36. The molecule has 1 amide bonds.